The van der Waals surface area contributed by atoms with E-state index >= 15 is 0 Å². The highest BCUT2D eigenvalue weighted by Crippen LogP contribution is 2.35. The van der Waals surface area contributed by atoms with Gasteiger partial charge < -0.3 is 13.7 Å². The Morgan fingerprint density at radius 1 is 1.05 bits per heavy atom. The minimum atomic E-state index is -3.72. The second-order valence-corrected chi connectivity index (χ2v) is 6.05. The van der Waals surface area contributed by atoms with E-state index in [-0.39, 0.29) is 12.5 Å². The van der Waals surface area contributed by atoms with E-state index in [1.807, 2.05) is 0 Å². The maximum absolute atomic E-state index is 12.1. The van der Waals surface area contributed by atoms with Crippen molar-refractivity contribution in [2.75, 3.05) is 19.9 Å². The lowest BCUT2D eigenvalue weighted by molar-refractivity contribution is 0.174. The third-order valence-corrected chi connectivity index (χ3v) is 4.58. The van der Waals surface area contributed by atoms with Crippen LogP contribution in [-0.4, -0.2) is 32.6 Å². The molecule has 19 heavy (non-hydrogen) atoms. The maximum Gasteiger partial charge on any atom is 0.385 e. The average molecular weight is 285 g/mol. The Balaban J connectivity index is 1.76. The van der Waals surface area contributed by atoms with Crippen LogP contribution in [0.4, 0.5) is 0 Å². The Hall–Kier alpha value is -1.47. The Labute approximate surface area is 112 Å². The average Bonchev–Trinajstić information content (AvgIpc) is 2.87. The summed E-state index contributed by atoms with van der Waals surface area (Å²) in [5.41, 5.74) is 0. The van der Waals surface area contributed by atoms with Crippen molar-refractivity contribution >= 4 is 10.3 Å². The molecule has 7 heteroatoms. The van der Waals surface area contributed by atoms with Crippen molar-refractivity contribution in [2.45, 2.75) is 19.3 Å². The molecule has 0 aromatic heterocycles. The number of piperidine rings is 1. The van der Waals surface area contributed by atoms with Crippen LogP contribution >= 0.6 is 0 Å². The highest BCUT2D eigenvalue weighted by molar-refractivity contribution is 7.84. The normalized spacial score (nSPS) is 19.4. The van der Waals surface area contributed by atoms with Gasteiger partial charge in [0.05, 0.1) is 0 Å². The van der Waals surface area contributed by atoms with Crippen molar-refractivity contribution in [3.05, 3.63) is 18.2 Å². The first-order valence-electron chi connectivity index (χ1n) is 6.24. The molecule has 6 nitrogen and oxygen atoms in total. The molecule has 104 valence electrons. The molecule has 1 saturated heterocycles. The van der Waals surface area contributed by atoms with Crippen molar-refractivity contribution in [3.8, 4) is 17.2 Å². The summed E-state index contributed by atoms with van der Waals surface area (Å²) in [4.78, 5) is 0. The van der Waals surface area contributed by atoms with Crippen LogP contribution in [0, 0.1) is 0 Å². The first kappa shape index (κ1) is 12.6. The maximum atomic E-state index is 12.1. The lowest BCUT2D eigenvalue weighted by atomic mass is 10.2. The minimum absolute atomic E-state index is 0.150. The van der Waals surface area contributed by atoms with Gasteiger partial charge >= 0.3 is 10.3 Å². The lowest BCUT2D eigenvalue weighted by Gasteiger charge is -2.25. The number of ether oxygens (including phenoxy) is 2. The van der Waals surface area contributed by atoms with Gasteiger partial charge in [-0.05, 0) is 25.0 Å². The van der Waals surface area contributed by atoms with E-state index in [0.29, 0.717) is 24.6 Å². The van der Waals surface area contributed by atoms with Gasteiger partial charge in [0.2, 0.25) is 6.79 Å². The van der Waals surface area contributed by atoms with Crippen molar-refractivity contribution < 1.29 is 22.1 Å². The van der Waals surface area contributed by atoms with E-state index in [2.05, 4.69) is 0 Å². The fourth-order valence-corrected chi connectivity index (χ4v) is 3.35. The van der Waals surface area contributed by atoms with Crippen molar-refractivity contribution in [1.82, 2.24) is 4.31 Å². The van der Waals surface area contributed by atoms with E-state index < -0.39 is 10.3 Å². The third kappa shape index (κ3) is 2.62. The highest BCUT2D eigenvalue weighted by Gasteiger charge is 2.26. The summed E-state index contributed by atoms with van der Waals surface area (Å²) in [5, 5.41) is 0. The number of hydrogen-bond acceptors (Lipinski definition) is 5. The molecule has 2 heterocycles. The predicted octanol–water partition coefficient (Wildman–Crippen LogP) is 1.52. The zero-order valence-electron chi connectivity index (χ0n) is 10.4. The van der Waals surface area contributed by atoms with Gasteiger partial charge in [-0.3, -0.25) is 0 Å². The van der Waals surface area contributed by atoms with Gasteiger partial charge in [0, 0.05) is 19.2 Å². The van der Waals surface area contributed by atoms with Gasteiger partial charge in [-0.1, -0.05) is 6.42 Å². The molecule has 0 spiro atoms. The van der Waals surface area contributed by atoms with Gasteiger partial charge in [-0.25, -0.2) is 0 Å². The summed E-state index contributed by atoms with van der Waals surface area (Å²) in [6, 6.07) is 4.74. The molecule has 1 aromatic carbocycles. The van der Waals surface area contributed by atoms with Crippen LogP contribution in [-0.2, 0) is 10.3 Å². The summed E-state index contributed by atoms with van der Waals surface area (Å²) >= 11 is 0. The number of nitrogens with zero attached hydrogens (tertiary/aromatic N) is 1. The van der Waals surface area contributed by atoms with Gasteiger partial charge in [0.1, 0.15) is 5.75 Å². The molecule has 0 bridgehead atoms. The molecule has 0 radical (unpaired) electrons. The second kappa shape index (κ2) is 4.90. The molecule has 2 aliphatic heterocycles. The minimum Gasteiger partial charge on any atom is -0.454 e. The topological polar surface area (TPSA) is 65.1 Å². The zero-order valence-corrected chi connectivity index (χ0v) is 11.2. The summed E-state index contributed by atoms with van der Waals surface area (Å²) in [7, 11) is -3.72. The highest BCUT2D eigenvalue weighted by atomic mass is 32.2. The molecule has 0 aliphatic carbocycles. The van der Waals surface area contributed by atoms with Gasteiger partial charge in [0.15, 0.2) is 11.5 Å². The number of rotatable bonds is 3. The van der Waals surface area contributed by atoms with Crippen LogP contribution in [0.25, 0.3) is 0 Å². The lowest BCUT2D eigenvalue weighted by Crippen LogP contribution is -2.38. The Morgan fingerprint density at radius 3 is 2.58 bits per heavy atom. The van der Waals surface area contributed by atoms with Gasteiger partial charge in [0.25, 0.3) is 0 Å². The van der Waals surface area contributed by atoms with E-state index in [1.54, 1.807) is 12.1 Å². The first-order valence-corrected chi connectivity index (χ1v) is 7.61. The van der Waals surface area contributed by atoms with Crippen LogP contribution in [0.1, 0.15) is 19.3 Å². The summed E-state index contributed by atoms with van der Waals surface area (Å²) in [6.45, 7) is 1.19. The van der Waals surface area contributed by atoms with Crippen LogP contribution in [0.15, 0.2) is 18.2 Å². The van der Waals surface area contributed by atoms with E-state index in [1.165, 1.54) is 10.4 Å². The summed E-state index contributed by atoms with van der Waals surface area (Å²) in [5.74, 6) is 1.35. The molecule has 3 rings (SSSR count). The van der Waals surface area contributed by atoms with E-state index in [9.17, 15) is 8.42 Å². The van der Waals surface area contributed by atoms with Crippen molar-refractivity contribution in [1.29, 1.82) is 0 Å². The molecule has 0 amide bonds. The number of fused-ring (bicyclic) bond motifs is 1. The molecule has 1 aromatic rings. The quantitative estimate of drug-likeness (QED) is 0.842. The first-order chi connectivity index (χ1) is 9.15. The number of benzene rings is 1. The van der Waals surface area contributed by atoms with Crippen LogP contribution < -0.4 is 13.7 Å². The zero-order chi connectivity index (χ0) is 13.3. The molecular formula is C12H15NO5S. The van der Waals surface area contributed by atoms with Crippen molar-refractivity contribution in [2.24, 2.45) is 0 Å². The molecule has 0 atom stereocenters. The largest absolute Gasteiger partial charge is 0.454 e. The van der Waals surface area contributed by atoms with Crippen LogP contribution in [0.5, 0.6) is 17.2 Å². The van der Waals surface area contributed by atoms with E-state index in [0.717, 1.165) is 19.3 Å². The molecule has 2 aliphatic rings. The SMILES string of the molecule is O=S(=O)(Oc1ccc2c(c1)OCO2)N1CCCCC1. The molecule has 0 unspecified atom stereocenters. The molecular weight excluding hydrogens is 270 g/mol. The second-order valence-electron chi connectivity index (χ2n) is 4.52. The van der Waals surface area contributed by atoms with E-state index in [4.69, 9.17) is 13.7 Å². The fourth-order valence-electron chi connectivity index (χ4n) is 2.19. The predicted molar refractivity (Wildman–Crippen MR) is 67.5 cm³/mol. The third-order valence-electron chi connectivity index (χ3n) is 3.18. The van der Waals surface area contributed by atoms with Crippen LogP contribution in [0.3, 0.4) is 0 Å². The fraction of sp³-hybridized carbons (Fsp3) is 0.500. The smallest absolute Gasteiger partial charge is 0.385 e. The van der Waals surface area contributed by atoms with Gasteiger partial charge in [-0.2, -0.15) is 12.7 Å². The van der Waals surface area contributed by atoms with Gasteiger partial charge in [-0.15, -0.1) is 0 Å². The van der Waals surface area contributed by atoms with Crippen LogP contribution in [0.2, 0.25) is 0 Å². The molecule has 0 N–H and O–H groups in total. The Morgan fingerprint density at radius 2 is 1.79 bits per heavy atom. The molecule has 0 saturated carbocycles. The standard InChI is InChI=1S/C12H15NO5S/c14-19(15,13-6-2-1-3-7-13)18-10-4-5-11-12(8-10)17-9-16-11/h4-5,8H,1-3,6-7,9H2. The monoisotopic (exact) mass is 285 g/mol. The summed E-state index contributed by atoms with van der Waals surface area (Å²) in [6.07, 6.45) is 2.82. The Bertz CT molecular complexity index is 565. The molecule has 1 fully saturated rings. The number of hydrogen-bond donors (Lipinski definition) is 0. The Kier molecular flexibility index (Phi) is 3.24. The summed E-state index contributed by atoms with van der Waals surface area (Å²) < 4.78 is 41.0. The van der Waals surface area contributed by atoms with Crippen molar-refractivity contribution in [3.63, 3.8) is 0 Å².